The minimum absolute atomic E-state index is 0.119. The van der Waals surface area contributed by atoms with Gasteiger partial charge in [-0.15, -0.1) is 0 Å². The van der Waals surface area contributed by atoms with E-state index in [1.807, 2.05) is 44.2 Å². The minimum atomic E-state index is -1.33. The number of carboxylic acids is 1. The second kappa shape index (κ2) is 15.7. The fourth-order valence-electron chi connectivity index (χ4n) is 5.40. The summed E-state index contributed by atoms with van der Waals surface area (Å²) in [5.74, 6) is -3.26. The Morgan fingerprint density at radius 2 is 1.77 bits per heavy atom. The molecule has 13 heteroatoms. The first-order valence-corrected chi connectivity index (χ1v) is 14.7. The molecule has 0 spiro atoms. The van der Waals surface area contributed by atoms with Gasteiger partial charge in [0.2, 0.25) is 17.9 Å². The number of alkyl carbamates (subject to hydrolysis) is 1. The molecular weight excluding hydrogens is 558 g/mol. The summed E-state index contributed by atoms with van der Waals surface area (Å²) in [5, 5.41) is 15.5. The summed E-state index contributed by atoms with van der Waals surface area (Å²) >= 11 is 0. The Morgan fingerprint density at radius 3 is 2.30 bits per heavy atom. The number of nitrogens with zero attached hydrogens (tertiary/aromatic N) is 1. The Bertz CT molecular complexity index is 1130. The Kier molecular flexibility index (Phi) is 12.9. The third-order valence-electron chi connectivity index (χ3n) is 7.61. The molecule has 1 fully saturated rings. The van der Waals surface area contributed by atoms with Crippen molar-refractivity contribution in [3.05, 3.63) is 35.9 Å². The van der Waals surface area contributed by atoms with Crippen LogP contribution in [0.5, 0.6) is 0 Å². The van der Waals surface area contributed by atoms with Gasteiger partial charge in [-0.2, -0.15) is 5.43 Å². The van der Waals surface area contributed by atoms with Gasteiger partial charge in [0.25, 0.3) is 0 Å². The number of benzene rings is 1. The summed E-state index contributed by atoms with van der Waals surface area (Å²) < 4.78 is 10.3. The molecule has 13 nitrogen and oxygen atoms in total. The predicted molar refractivity (Wildman–Crippen MR) is 158 cm³/mol. The number of esters is 1. The summed E-state index contributed by atoms with van der Waals surface area (Å²) in [5.41, 5.74) is 8.71. The monoisotopic (exact) mass is 606 g/mol. The van der Waals surface area contributed by atoms with Crippen molar-refractivity contribution in [2.24, 2.45) is 11.7 Å². The van der Waals surface area contributed by atoms with E-state index < -0.39 is 66.0 Å². The molecule has 1 aromatic carbocycles. The number of amides is 3. The number of carbonyl (C=O) groups is 5. The van der Waals surface area contributed by atoms with Gasteiger partial charge in [-0.3, -0.25) is 14.4 Å². The van der Waals surface area contributed by atoms with E-state index in [0.29, 0.717) is 32.2 Å². The molecule has 6 N–H and O–H groups in total. The summed E-state index contributed by atoms with van der Waals surface area (Å²) in [6, 6.07) is 5.67. The van der Waals surface area contributed by atoms with Crippen LogP contribution in [0.15, 0.2) is 30.3 Å². The number of likely N-dealkylation sites (tertiary alicyclic amines) is 1. The largest absolute Gasteiger partial charge is 0.480 e. The number of methoxy groups -OCH3 is 1. The van der Waals surface area contributed by atoms with Crippen LogP contribution in [0.4, 0.5) is 4.79 Å². The fraction of sp³-hybridized carbons (Fsp3) is 0.633. The van der Waals surface area contributed by atoms with E-state index in [0.717, 1.165) is 5.56 Å². The molecule has 0 saturated carbocycles. The zero-order valence-corrected chi connectivity index (χ0v) is 26.1. The Labute approximate surface area is 253 Å². The van der Waals surface area contributed by atoms with E-state index in [2.05, 4.69) is 16.1 Å². The number of carbonyl (C=O) groups excluding carboxylic acids is 4. The lowest BCUT2D eigenvalue weighted by Crippen LogP contribution is -2.71. The molecule has 43 heavy (non-hydrogen) atoms. The lowest BCUT2D eigenvalue weighted by molar-refractivity contribution is -0.976. The minimum Gasteiger partial charge on any atom is -0.480 e. The van der Waals surface area contributed by atoms with Gasteiger partial charge in [-0.05, 0) is 38.7 Å². The molecule has 1 aromatic rings. The molecule has 1 heterocycles. The Balaban J connectivity index is 2.49. The van der Waals surface area contributed by atoms with Crippen molar-refractivity contribution >= 4 is 29.8 Å². The first-order chi connectivity index (χ1) is 20.1. The number of quaternary nitrogens is 1. The lowest BCUT2D eigenvalue weighted by atomic mass is 9.99. The molecule has 1 aliphatic heterocycles. The highest BCUT2D eigenvalue weighted by molar-refractivity contribution is 5.90. The van der Waals surface area contributed by atoms with E-state index in [1.165, 1.54) is 7.11 Å². The maximum absolute atomic E-state index is 13.6. The van der Waals surface area contributed by atoms with E-state index in [4.69, 9.17) is 15.2 Å². The van der Waals surface area contributed by atoms with Crippen molar-refractivity contribution in [2.75, 3.05) is 20.2 Å². The van der Waals surface area contributed by atoms with Gasteiger partial charge in [0.05, 0.1) is 26.1 Å². The lowest BCUT2D eigenvalue weighted by Gasteiger charge is -2.43. The molecule has 6 atom stereocenters. The van der Waals surface area contributed by atoms with Crippen LogP contribution in [0, 0.1) is 5.92 Å². The highest BCUT2D eigenvalue weighted by atomic mass is 16.6. The van der Waals surface area contributed by atoms with Crippen LogP contribution < -0.4 is 21.8 Å². The molecule has 1 aliphatic rings. The van der Waals surface area contributed by atoms with Crippen LogP contribution in [0.2, 0.25) is 0 Å². The zero-order chi connectivity index (χ0) is 32.4. The van der Waals surface area contributed by atoms with Gasteiger partial charge < -0.3 is 30.9 Å². The van der Waals surface area contributed by atoms with Crippen LogP contribution in [0.3, 0.4) is 0 Å². The van der Waals surface area contributed by atoms with Crippen molar-refractivity contribution in [3.8, 4) is 0 Å². The third-order valence-corrected chi connectivity index (χ3v) is 7.61. The molecule has 0 radical (unpaired) electrons. The standard InChI is InChI=1S/C30H47N5O8/c1-7-19(2)25(27(38)39)34-35(15-11-14-23(35)28(40)42-6)18-21(16-20-12-9-8-10-13-20)32-26(37)22(17-24(31)36)33-29(41)43-30(3,4)5/h8-10,12-13,19,21-23,25,34H,7,11,14-18H2,1-6H3,(H4-,31,32,33,36,37,38,39,41)/p+1/t19-,21-,22?,23-,25-,35?/m0/s1. The SMILES string of the molecule is CC[C@H](C)[C@H](N[N+]1(C[C@H](Cc2ccccc2)NC(=O)C(CC(N)=O)NC(=O)OC(C)(C)C)CCC[C@H]1C(=O)OC)C(=O)O. The number of ether oxygens (including phenoxy) is 2. The molecule has 0 aliphatic carbocycles. The second-order valence-corrected chi connectivity index (χ2v) is 12.2. The topological polar surface area (TPSA) is 186 Å². The van der Waals surface area contributed by atoms with Crippen molar-refractivity contribution in [1.29, 1.82) is 0 Å². The summed E-state index contributed by atoms with van der Waals surface area (Å²) in [6.45, 7) is 9.25. The average Bonchev–Trinajstić information content (AvgIpc) is 3.32. The first-order valence-electron chi connectivity index (χ1n) is 14.7. The van der Waals surface area contributed by atoms with Gasteiger partial charge in [0.15, 0.2) is 6.04 Å². The van der Waals surface area contributed by atoms with Gasteiger partial charge in [-0.1, -0.05) is 50.6 Å². The highest BCUT2D eigenvalue weighted by Gasteiger charge is 2.51. The zero-order valence-electron chi connectivity index (χ0n) is 26.1. The van der Waals surface area contributed by atoms with Gasteiger partial charge in [0.1, 0.15) is 18.2 Å². The number of aliphatic carboxylic acids is 1. The van der Waals surface area contributed by atoms with Crippen molar-refractivity contribution in [3.63, 3.8) is 0 Å². The number of hydrogen-bond donors (Lipinski definition) is 5. The Morgan fingerprint density at radius 1 is 1.12 bits per heavy atom. The highest BCUT2D eigenvalue weighted by Crippen LogP contribution is 2.29. The number of nitrogens with one attached hydrogen (secondary N) is 3. The second-order valence-electron chi connectivity index (χ2n) is 12.2. The summed E-state index contributed by atoms with van der Waals surface area (Å²) in [4.78, 5) is 63.4. The summed E-state index contributed by atoms with van der Waals surface area (Å²) in [6.07, 6.45) is 0.628. The molecule has 0 bridgehead atoms. The van der Waals surface area contributed by atoms with Crippen molar-refractivity contribution < 1.29 is 43.1 Å². The fourth-order valence-corrected chi connectivity index (χ4v) is 5.40. The van der Waals surface area contributed by atoms with E-state index in [-0.39, 0.29) is 17.1 Å². The molecule has 2 unspecified atom stereocenters. The maximum atomic E-state index is 13.6. The first kappa shape index (κ1) is 35.5. The number of rotatable bonds is 15. The Hall–Kier alpha value is -3.71. The van der Waals surface area contributed by atoms with Crippen molar-refractivity contribution in [2.45, 2.75) is 96.5 Å². The third kappa shape index (κ3) is 10.8. The van der Waals surface area contributed by atoms with E-state index in [1.54, 1.807) is 20.8 Å². The van der Waals surface area contributed by atoms with Crippen LogP contribution >= 0.6 is 0 Å². The molecule has 240 valence electrons. The van der Waals surface area contributed by atoms with Crippen LogP contribution in [-0.2, 0) is 35.1 Å². The number of carboxylic acid groups (broad SMARTS) is 1. The molecule has 2 rings (SSSR count). The molecule has 3 amide bonds. The van der Waals surface area contributed by atoms with Gasteiger partial charge >= 0.3 is 18.0 Å². The van der Waals surface area contributed by atoms with Crippen LogP contribution in [0.25, 0.3) is 0 Å². The molecule has 0 aromatic heterocycles. The smallest absolute Gasteiger partial charge is 0.408 e. The normalized spacial score (nSPS) is 21.1. The number of nitrogens with two attached hydrogens (primary N) is 1. The number of primary amides is 1. The summed E-state index contributed by atoms with van der Waals surface area (Å²) in [7, 11) is 1.29. The predicted octanol–water partition coefficient (Wildman–Crippen LogP) is 1.64. The maximum Gasteiger partial charge on any atom is 0.408 e. The van der Waals surface area contributed by atoms with Gasteiger partial charge in [0, 0.05) is 12.8 Å². The van der Waals surface area contributed by atoms with E-state index in [9.17, 15) is 29.1 Å². The number of hydrogen-bond acceptors (Lipinski definition) is 8. The van der Waals surface area contributed by atoms with Crippen LogP contribution in [0.1, 0.15) is 65.9 Å². The average molecular weight is 607 g/mol. The van der Waals surface area contributed by atoms with Crippen molar-refractivity contribution in [1.82, 2.24) is 16.1 Å². The van der Waals surface area contributed by atoms with Crippen LogP contribution in [-0.4, -0.2) is 89.5 Å². The van der Waals surface area contributed by atoms with Gasteiger partial charge in [-0.25, -0.2) is 14.2 Å². The molecule has 1 saturated heterocycles. The molecular formula is C30H48N5O8+. The van der Waals surface area contributed by atoms with E-state index >= 15 is 0 Å². The quantitative estimate of drug-likeness (QED) is 0.146.